The van der Waals surface area contributed by atoms with Crippen molar-refractivity contribution in [2.75, 3.05) is 18.0 Å². The zero-order valence-electron chi connectivity index (χ0n) is 12.0. The van der Waals surface area contributed by atoms with Gasteiger partial charge in [-0.05, 0) is 0 Å². The van der Waals surface area contributed by atoms with E-state index < -0.39 is 40.6 Å². The number of Topliss-reactive ketones (excluding diaryl/α,β-unsaturated/α-hetero) is 1. The molecule has 0 aliphatic carbocycles. The van der Waals surface area contributed by atoms with E-state index in [2.05, 4.69) is 10.3 Å². The Bertz CT molecular complexity index is 752. The number of aliphatic hydroxyl groups is 1. The zero-order valence-corrected chi connectivity index (χ0v) is 13.6. The molecule has 2 fully saturated rings. The molecule has 0 radical (unpaired) electrons. The quantitative estimate of drug-likeness (QED) is 0.269. The largest absolute Gasteiger partial charge is 0.479 e. The van der Waals surface area contributed by atoms with Gasteiger partial charge >= 0.3 is 5.97 Å². The number of fused-ring (bicyclic) bond motifs is 1. The molecular weight excluding hydrogens is 360 g/mol. The third kappa shape index (κ3) is 2.61. The molecule has 2 amide bonds. The van der Waals surface area contributed by atoms with Crippen molar-refractivity contribution in [2.24, 2.45) is 0 Å². The highest BCUT2D eigenvalue weighted by Gasteiger charge is 2.57. The van der Waals surface area contributed by atoms with Crippen LogP contribution >= 0.6 is 23.1 Å². The SMILES string of the molecule is Nc1nc(C(=O)C(=O)NC2C(=O)N3CC(O)(C(=O)O)CS[C@H]23)cs1. The molecule has 10 nitrogen and oxygen atoms in total. The highest BCUT2D eigenvalue weighted by molar-refractivity contribution is 8.00. The van der Waals surface area contributed by atoms with Gasteiger partial charge in [0.15, 0.2) is 10.7 Å². The molecule has 0 aromatic carbocycles. The monoisotopic (exact) mass is 372 g/mol. The second-order valence-corrected chi connectivity index (χ2v) is 7.35. The van der Waals surface area contributed by atoms with Gasteiger partial charge in [0.2, 0.25) is 5.91 Å². The molecular formula is C12H12N4O6S2. The van der Waals surface area contributed by atoms with Crippen molar-refractivity contribution >= 4 is 51.8 Å². The molecule has 0 bridgehead atoms. The summed E-state index contributed by atoms with van der Waals surface area (Å²) < 4.78 is 0. The number of nitrogens with two attached hydrogens (primary N) is 1. The van der Waals surface area contributed by atoms with E-state index in [0.29, 0.717) is 0 Å². The van der Waals surface area contributed by atoms with Gasteiger partial charge in [-0.2, -0.15) is 0 Å². The molecule has 2 unspecified atom stereocenters. The van der Waals surface area contributed by atoms with Crippen molar-refractivity contribution in [2.45, 2.75) is 17.0 Å². The third-order valence-corrected chi connectivity index (χ3v) is 5.90. The number of ketones is 1. The number of nitrogen functional groups attached to an aromatic ring is 1. The number of hydrogen-bond donors (Lipinski definition) is 4. The average Bonchev–Trinajstić information content (AvgIpc) is 2.98. The van der Waals surface area contributed by atoms with Crippen LogP contribution in [-0.4, -0.2) is 73.0 Å². The number of carboxylic acids is 1. The second-order valence-electron chi connectivity index (χ2n) is 5.36. The van der Waals surface area contributed by atoms with E-state index >= 15 is 0 Å². The molecule has 2 aliphatic heterocycles. The number of carbonyl (C=O) groups is 4. The number of rotatable bonds is 4. The molecule has 2 saturated heterocycles. The van der Waals surface area contributed by atoms with Gasteiger partial charge in [0, 0.05) is 11.1 Å². The van der Waals surface area contributed by atoms with Crippen molar-refractivity contribution in [1.82, 2.24) is 15.2 Å². The molecule has 1 aromatic rings. The molecule has 128 valence electrons. The normalized spacial score (nSPS) is 28.7. The first-order chi connectivity index (χ1) is 11.2. The predicted molar refractivity (Wildman–Crippen MR) is 83.3 cm³/mol. The zero-order chi connectivity index (χ0) is 17.6. The van der Waals surface area contributed by atoms with Gasteiger partial charge in [-0.1, -0.05) is 0 Å². The smallest absolute Gasteiger partial charge is 0.338 e. The number of carboxylic acid groups (broad SMARTS) is 1. The van der Waals surface area contributed by atoms with E-state index in [1.54, 1.807) is 0 Å². The van der Waals surface area contributed by atoms with Crippen molar-refractivity contribution in [3.63, 3.8) is 0 Å². The molecule has 1 aromatic heterocycles. The number of nitrogens with one attached hydrogen (secondary N) is 1. The molecule has 24 heavy (non-hydrogen) atoms. The number of thioether (sulfide) groups is 1. The summed E-state index contributed by atoms with van der Waals surface area (Å²) in [7, 11) is 0. The van der Waals surface area contributed by atoms with Crippen LogP contribution in [0.4, 0.5) is 5.13 Å². The van der Waals surface area contributed by atoms with Crippen molar-refractivity contribution in [1.29, 1.82) is 0 Å². The number of amides is 2. The summed E-state index contributed by atoms with van der Waals surface area (Å²) in [6, 6.07) is -0.944. The van der Waals surface area contributed by atoms with Crippen molar-refractivity contribution < 1.29 is 29.4 Å². The van der Waals surface area contributed by atoms with Gasteiger partial charge in [0.05, 0.1) is 6.54 Å². The van der Waals surface area contributed by atoms with E-state index in [0.717, 1.165) is 23.1 Å². The Labute approximate surface area is 143 Å². The number of carbonyl (C=O) groups excluding carboxylic acids is 3. The molecule has 0 saturated carbocycles. The van der Waals surface area contributed by atoms with Crippen LogP contribution in [0, 0.1) is 0 Å². The third-order valence-electron chi connectivity index (χ3n) is 3.71. The Morgan fingerprint density at radius 2 is 2.17 bits per heavy atom. The van der Waals surface area contributed by atoms with Gasteiger partial charge in [-0.15, -0.1) is 23.1 Å². The van der Waals surface area contributed by atoms with Gasteiger partial charge < -0.3 is 26.2 Å². The van der Waals surface area contributed by atoms with Crippen LogP contribution in [0.25, 0.3) is 0 Å². The Morgan fingerprint density at radius 1 is 1.46 bits per heavy atom. The van der Waals surface area contributed by atoms with Gasteiger partial charge in [0.25, 0.3) is 11.7 Å². The topological polar surface area (TPSA) is 163 Å². The van der Waals surface area contributed by atoms with Crippen LogP contribution in [0.3, 0.4) is 0 Å². The second kappa shape index (κ2) is 5.72. The summed E-state index contributed by atoms with van der Waals surface area (Å²) in [5.41, 5.74) is 3.29. The van der Waals surface area contributed by atoms with Crippen LogP contribution < -0.4 is 11.1 Å². The minimum Gasteiger partial charge on any atom is -0.479 e. The van der Waals surface area contributed by atoms with E-state index in [1.807, 2.05) is 0 Å². The Balaban J connectivity index is 1.64. The first-order valence-corrected chi connectivity index (χ1v) is 8.60. The first-order valence-electron chi connectivity index (χ1n) is 6.67. The maximum absolute atomic E-state index is 12.1. The summed E-state index contributed by atoms with van der Waals surface area (Å²) in [5, 5.41) is 22.2. The number of anilines is 1. The molecule has 3 atom stereocenters. The van der Waals surface area contributed by atoms with E-state index in [4.69, 9.17) is 10.8 Å². The number of aromatic nitrogens is 1. The van der Waals surface area contributed by atoms with E-state index in [-0.39, 0.29) is 23.1 Å². The Hall–Kier alpha value is -2.18. The van der Waals surface area contributed by atoms with Crippen LogP contribution in [0.5, 0.6) is 0 Å². The summed E-state index contributed by atoms with van der Waals surface area (Å²) in [6.45, 7) is -0.359. The van der Waals surface area contributed by atoms with Gasteiger partial charge in [-0.25, -0.2) is 9.78 Å². The van der Waals surface area contributed by atoms with Crippen LogP contribution in [0.2, 0.25) is 0 Å². The van der Waals surface area contributed by atoms with Crippen molar-refractivity contribution in [3.05, 3.63) is 11.1 Å². The number of thiazole rings is 1. The summed E-state index contributed by atoms with van der Waals surface area (Å²) >= 11 is 2.04. The minimum absolute atomic E-state index is 0.102. The Morgan fingerprint density at radius 3 is 2.75 bits per heavy atom. The lowest BCUT2D eigenvalue weighted by Gasteiger charge is -2.52. The fourth-order valence-electron chi connectivity index (χ4n) is 2.41. The van der Waals surface area contributed by atoms with Crippen LogP contribution in [0.15, 0.2) is 5.38 Å². The average molecular weight is 372 g/mol. The molecule has 3 heterocycles. The molecule has 2 aliphatic rings. The number of hydrogen-bond acceptors (Lipinski definition) is 9. The van der Waals surface area contributed by atoms with Crippen LogP contribution in [0.1, 0.15) is 10.5 Å². The molecule has 5 N–H and O–H groups in total. The van der Waals surface area contributed by atoms with E-state index in [1.165, 1.54) is 10.3 Å². The van der Waals surface area contributed by atoms with Crippen molar-refractivity contribution in [3.8, 4) is 0 Å². The molecule has 0 spiro atoms. The lowest BCUT2D eigenvalue weighted by molar-refractivity contribution is -0.166. The summed E-state index contributed by atoms with van der Waals surface area (Å²) in [5.74, 6) is -3.98. The highest BCUT2D eigenvalue weighted by Crippen LogP contribution is 2.38. The fourth-order valence-corrected chi connectivity index (χ4v) is 4.35. The number of β-lactam (4-membered cyclic amide) rings is 1. The first kappa shape index (κ1) is 16.7. The summed E-state index contributed by atoms with van der Waals surface area (Å²) in [6.07, 6.45) is 0. The van der Waals surface area contributed by atoms with Gasteiger partial charge in [-0.3, -0.25) is 14.4 Å². The lowest BCUT2D eigenvalue weighted by atomic mass is 9.99. The minimum atomic E-state index is -2.01. The maximum Gasteiger partial charge on any atom is 0.338 e. The highest BCUT2D eigenvalue weighted by atomic mass is 32.2. The number of nitrogens with zero attached hydrogens (tertiary/aromatic N) is 2. The standard InChI is InChI=1S/C12H12N4O6S2/c13-11-14-4(1-23-11)6(17)7(18)15-5-8(19)16-2-12(22,10(20)21)3-24-9(5)16/h1,5,9,22H,2-3H2,(H2,13,14)(H,15,18)(H,20,21)/t5?,9-,12?/m1/s1. The molecule has 12 heteroatoms. The van der Waals surface area contributed by atoms with Gasteiger partial charge in [0.1, 0.15) is 17.1 Å². The maximum atomic E-state index is 12.1. The Kier molecular flexibility index (Phi) is 3.97. The summed E-state index contributed by atoms with van der Waals surface area (Å²) in [4.78, 5) is 51.8. The number of aliphatic carboxylic acids is 1. The fraction of sp³-hybridized carbons (Fsp3) is 0.417. The predicted octanol–water partition coefficient (Wildman–Crippen LogP) is -1.88. The molecule has 3 rings (SSSR count). The lowest BCUT2D eigenvalue weighted by Crippen LogP contribution is -2.75. The van der Waals surface area contributed by atoms with E-state index in [9.17, 15) is 24.3 Å². The van der Waals surface area contributed by atoms with Crippen LogP contribution in [-0.2, 0) is 14.4 Å².